The molecule has 0 spiro atoms. The fourth-order valence-electron chi connectivity index (χ4n) is 3.80. The van der Waals surface area contributed by atoms with Gasteiger partial charge in [-0.15, -0.1) is 0 Å². The molecule has 31 heavy (non-hydrogen) atoms. The first-order chi connectivity index (χ1) is 14.8. The molecule has 0 aromatic heterocycles. The second-order valence-corrected chi connectivity index (χ2v) is 9.59. The van der Waals surface area contributed by atoms with Crippen LogP contribution in [-0.2, 0) is 34.3 Å². The number of nitrogens with zero attached hydrogens (tertiary/aromatic N) is 1. The molecule has 0 aliphatic carbocycles. The fourth-order valence-corrected chi connectivity index (χ4v) is 5.47. The van der Waals surface area contributed by atoms with Crippen LogP contribution in [0.1, 0.15) is 22.3 Å². The lowest BCUT2D eigenvalue weighted by Gasteiger charge is -2.35. The van der Waals surface area contributed by atoms with Crippen molar-refractivity contribution >= 4 is 15.9 Å². The number of fused-ring (bicyclic) bond motifs is 1. The lowest BCUT2D eigenvalue weighted by atomic mass is 9.95. The van der Waals surface area contributed by atoms with Crippen LogP contribution in [0.2, 0.25) is 0 Å². The van der Waals surface area contributed by atoms with E-state index in [0.29, 0.717) is 0 Å². The van der Waals surface area contributed by atoms with Crippen LogP contribution in [0.25, 0.3) is 0 Å². The minimum atomic E-state index is -3.89. The van der Waals surface area contributed by atoms with Gasteiger partial charge in [0.2, 0.25) is 15.9 Å². The van der Waals surface area contributed by atoms with E-state index in [9.17, 15) is 17.6 Å². The second kappa shape index (κ2) is 8.61. The lowest BCUT2D eigenvalue weighted by Crippen LogP contribution is -2.52. The Morgan fingerprint density at radius 1 is 1.03 bits per heavy atom. The zero-order valence-electron chi connectivity index (χ0n) is 17.1. The number of hydrogen-bond acceptors (Lipinski definition) is 3. The average Bonchev–Trinajstić information content (AvgIpc) is 2.77. The molecule has 4 rings (SSSR count). The molecule has 1 heterocycles. The van der Waals surface area contributed by atoms with Crippen LogP contribution >= 0.6 is 0 Å². The van der Waals surface area contributed by atoms with Gasteiger partial charge in [-0.1, -0.05) is 48.5 Å². The fraction of sp³-hybridized carbons (Fsp3) is 0.208. The number of nitrogens with one attached hydrogen (secondary N) is 1. The molecule has 1 atom stereocenters. The third kappa shape index (κ3) is 4.52. The Balaban J connectivity index is 1.64. The van der Waals surface area contributed by atoms with E-state index in [1.54, 1.807) is 30.3 Å². The van der Waals surface area contributed by atoms with Crippen LogP contribution in [-0.4, -0.2) is 24.7 Å². The number of carbonyl (C=O) groups is 1. The zero-order valence-corrected chi connectivity index (χ0v) is 17.9. The van der Waals surface area contributed by atoms with Crippen molar-refractivity contribution in [2.45, 2.75) is 37.4 Å². The van der Waals surface area contributed by atoms with Crippen molar-refractivity contribution < 1.29 is 17.6 Å². The molecular weight excluding hydrogens is 415 g/mol. The summed E-state index contributed by atoms with van der Waals surface area (Å²) < 4.78 is 41.4. The highest BCUT2D eigenvalue weighted by atomic mass is 32.2. The van der Waals surface area contributed by atoms with Crippen molar-refractivity contribution in [2.24, 2.45) is 0 Å². The SMILES string of the molecule is Cc1cccc(S(=O)(=O)N2Cc3ccccc3CC2C(=O)NCc2ccc(F)cc2)c1. The van der Waals surface area contributed by atoms with E-state index in [0.717, 1.165) is 22.3 Å². The first kappa shape index (κ1) is 21.2. The average molecular weight is 439 g/mol. The molecule has 1 aliphatic heterocycles. The minimum Gasteiger partial charge on any atom is -0.351 e. The molecule has 7 heteroatoms. The Labute approximate surface area is 181 Å². The molecule has 3 aromatic carbocycles. The molecule has 3 aromatic rings. The van der Waals surface area contributed by atoms with E-state index < -0.39 is 16.1 Å². The Bertz CT molecular complexity index is 1210. The van der Waals surface area contributed by atoms with Gasteiger partial charge in [-0.3, -0.25) is 4.79 Å². The quantitative estimate of drug-likeness (QED) is 0.662. The van der Waals surface area contributed by atoms with Gasteiger partial charge in [0.1, 0.15) is 11.9 Å². The lowest BCUT2D eigenvalue weighted by molar-refractivity contribution is -0.125. The number of benzene rings is 3. The molecule has 0 radical (unpaired) electrons. The molecule has 1 N–H and O–H groups in total. The van der Waals surface area contributed by atoms with Gasteiger partial charge in [-0.05, 0) is 59.9 Å². The molecule has 160 valence electrons. The van der Waals surface area contributed by atoms with Crippen LogP contribution in [0.4, 0.5) is 4.39 Å². The van der Waals surface area contributed by atoms with E-state index in [2.05, 4.69) is 5.32 Å². The summed E-state index contributed by atoms with van der Waals surface area (Å²) in [5.74, 6) is -0.732. The Morgan fingerprint density at radius 3 is 2.45 bits per heavy atom. The van der Waals surface area contributed by atoms with E-state index in [4.69, 9.17) is 0 Å². The monoisotopic (exact) mass is 438 g/mol. The van der Waals surface area contributed by atoms with Crippen molar-refractivity contribution in [1.29, 1.82) is 0 Å². The number of hydrogen-bond donors (Lipinski definition) is 1. The van der Waals surface area contributed by atoms with Crippen LogP contribution in [0.15, 0.2) is 77.7 Å². The first-order valence-electron chi connectivity index (χ1n) is 10.0. The maximum absolute atomic E-state index is 13.5. The molecular formula is C24H23FN2O3S. The highest BCUT2D eigenvalue weighted by Crippen LogP contribution is 2.29. The van der Waals surface area contributed by atoms with E-state index >= 15 is 0 Å². The van der Waals surface area contributed by atoms with E-state index in [1.807, 2.05) is 37.3 Å². The summed E-state index contributed by atoms with van der Waals surface area (Å²) in [5, 5.41) is 2.82. The molecule has 5 nitrogen and oxygen atoms in total. The number of carbonyl (C=O) groups excluding carboxylic acids is 1. The summed E-state index contributed by atoms with van der Waals surface area (Å²) in [6.07, 6.45) is 0.288. The molecule has 0 saturated heterocycles. The third-order valence-electron chi connectivity index (χ3n) is 5.48. The van der Waals surface area contributed by atoms with Gasteiger partial charge < -0.3 is 5.32 Å². The predicted octanol–water partition coefficient (Wildman–Crippen LogP) is 3.57. The van der Waals surface area contributed by atoms with Gasteiger partial charge >= 0.3 is 0 Å². The summed E-state index contributed by atoms with van der Waals surface area (Å²) in [7, 11) is -3.89. The van der Waals surface area contributed by atoms with Gasteiger partial charge in [0.05, 0.1) is 4.90 Å². The Hall–Kier alpha value is -3.03. The normalized spacial score (nSPS) is 16.5. The van der Waals surface area contributed by atoms with E-state index in [-0.39, 0.29) is 36.1 Å². The number of sulfonamides is 1. The molecule has 0 saturated carbocycles. The second-order valence-electron chi connectivity index (χ2n) is 7.70. The van der Waals surface area contributed by atoms with Crippen LogP contribution in [0.3, 0.4) is 0 Å². The standard InChI is InChI=1S/C24H23FN2O3S/c1-17-5-4-8-22(13-17)31(29,30)27-16-20-7-3-2-6-19(20)14-23(27)24(28)26-15-18-9-11-21(25)12-10-18/h2-13,23H,14-16H2,1H3,(H,26,28). The van der Waals surface area contributed by atoms with Gasteiger partial charge in [-0.25, -0.2) is 12.8 Å². The molecule has 0 bridgehead atoms. The molecule has 1 amide bonds. The van der Waals surface area contributed by atoms with Crippen LogP contribution < -0.4 is 5.32 Å². The van der Waals surface area contributed by atoms with Gasteiger partial charge in [0, 0.05) is 13.1 Å². The van der Waals surface area contributed by atoms with Crippen LogP contribution in [0, 0.1) is 12.7 Å². The highest BCUT2D eigenvalue weighted by molar-refractivity contribution is 7.89. The number of halogens is 1. The van der Waals surface area contributed by atoms with Crippen molar-refractivity contribution in [1.82, 2.24) is 9.62 Å². The highest BCUT2D eigenvalue weighted by Gasteiger charge is 2.39. The summed E-state index contributed by atoms with van der Waals surface area (Å²) >= 11 is 0. The van der Waals surface area contributed by atoms with Crippen molar-refractivity contribution in [2.75, 3.05) is 0 Å². The number of rotatable bonds is 5. The maximum Gasteiger partial charge on any atom is 0.244 e. The Kier molecular flexibility index (Phi) is 5.89. The van der Waals surface area contributed by atoms with Gasteiger partial charge in [-0.2, -0.15) is 4.31 Å². The minimum absolute atomic E-state index is 0.126. The summed E-state index contributed by atoms with van der Waals surface area (Å²) in [6, 6.07) is 19.2. The summed E-state index contributed by atoms with van der Waals surface area (Å²) in [6.45, 7) is 2.15. The summed E-state index contributed by atoms with van der Waals surface area (Å²) in [4.78, 5) is 13.3. The maximum atomic E-state index is 13.5. The third-order valence-corrected chi connectivity index (χ3v) is 7.33. The van der Waals surface area contributed by atoms with Crippen LogP contribution in [0.5, 0.6) is 0 Å². The first-order valence-corrected chi connectivity index (χ1v) is 11.5. The van der Waals surface area contributed by atoms with Gasteiger partial charge in [0.15, 0.2) is 0 Å². The molecule has 0 fully saturated rings. The largest absolute Gasteiger partial charge is 0.351 e. The molecule has 1 aliphatic rings. The van der Waals surface area contributed by atoms with Gasteiger partial charge in [0.25, 0.3) is 0 Å². The summed E-state index contributed by atoms with van der Waals surface area (Å²) in [5.41, 5.74) is 3.41. The van der Waals surface area contributed by atoms with Crippen molar-refractivity contribution in [3.05, 3.63) is 101 Å². The number of amides is 1. The van der Waals surface area contributed by atoms with Crippen molar-refractivity contribution in [3.63, 3.8) is 0 Å². The predicted molar refractivity (Wildman–Crippen MR) is 116 cm³/mol. The van der Waals surface area contributed by atoms with E-state index in [1.165, 1.54) is 16.4 Å². The Morgan fingerprint density at radius 2 is 1.74 bits per heavy atom. The number of aryl methyl sites for hydroxylation is 1. The topological polar surface area (TPSA) is 66.5 Å². The smallest absolute Gasteiger partial charge is 0.244 e. The zero-order chi connectivity index (χ0) is 22.0. The van der Waals surface area contributed by atoms with Crippen molar-refractivity contribution in [3.8, 4) is 0 Å². The molecule has 1 unspecified atom stereocenters.